The fraction of sp³-hybridized carbons (Fsp3) is 0.719. The maximum atomic E-state index is 15.2. The van der Waals surface area contributed by atoms with E-state index in [2.05, 4.69) is 99.3 Å². The van der Waals surface area contributed by atoms with E-state index in [0.29, 0.717) is 11.7 Å². The van der Waals surface area contributed by atoms with E-state index in [-0.39, 0.29) is 22.2 Å². The van der Waals surface area contributed by atoms with Crippen LogP contribution >= 0.6 is 0 Å². The summed E-state index contributed by atoms with van der Waals surface area (Å²) in [4.78, 5) is 15.2. The van der Waals surface area contributed by atoms with Crippen molar-refractivity contribution in [2.45, 2.75) is 107 Å². The standard InChI is InChI=1S/C32H50O/c1-11-22-28(3,4)30(7,8)31(9,10)29(5,6)27(33)32(25-17-13-14-18-25)23(2)20-21-24-16-12-15-19-26(24)32/h13-14,17-19,24-25H,2,11-12,15-16,20-22H2,1,3-10H3. The minimum absolute atomic E-state index is 0.0337. The topological polar surface area (TPSA) is 17.1 Å². The number of hydrogen-bond acceptors (Lipinski definition) is 1. The third kappa shape index (κ3) is 3.68. The first-order chi connectivity index (χ1) is 15.2. The van der Waals surface area contributed by atoms with Crippen LogP contribution in [0.3, 0.4) is 0 Å². The number of Topliss-reactive ketones (excluding diaryl/α,β-unsaturated/α-hetero) is 1. The number of allylic oxidation sites excluding steroid dienone is 7. The monoisotopic (exact) mass is 450 g/mol. The molecular weight excluding hydrogens is 400 g/mol. The van der Waals surface area contributed by atoms with E-state index in [1.54, 1.807) is 0 Å². The van der Waals surface area contributed by atoms with Crippen LogP contribution in [0.25, 0.3) is 0 Å². The maximum Gasteiger partial charge on any atom is 0.154 e. The average Bonchev–Trinajstić information content (AvgIpc) is 3.28. The van der Waals surface area contributed by atoms with E-state index in [9.17, 15) is 0 Å². The van der Waals surface area contributed by atoms with Crippen LogP contribution in [0, 0.1) is 38.9 Å². The summed E-state index contributed by atoms with van der Waals surface area (Å²) in [5.41, 5.74) is 1.30. The highest BCUT2D eigenvalue weighted by molar-refractivity contribution is 5.97. The predicted molar refractivity (Wildman–Crippen MR) is 143 cm³/mol. The van der Waals surface area contributed by atoms with Crippen LogP contribution in [0.5, 0.6) is 0 Å². The van der Waals surface area contributed by atoms with Crippen molar-refractivity contribution >= 4 is 5.78 Å². The molecule has 1 heteroatoms. The Labute approximate surface area is 204 Å². The first kappa shape index (κ1) is 26.2. The van der Waals surface area contributed by atoms with Gasteiger partial charge in [-0.25, -0.2) is 0 Å². The van der Waals surface area contributed by atoms with Gasteiger partial charge in [0.15, 0.2) is 5.78 Å². The number of fused-ring (bicyclic) bond motifs is 1. The van der Waals surface area contributed by atoms with Crippen LogP contribution in [0.15, 0.2) is 48.1 Å². The Kier molecular flexibility index (Phi) is 6.91. The fourth-order valence-corrected chi connectivity index (χ4v) is 7.41. The molecule has 0 amide bonds. The van der Waals surface area contributed by atoms with Crippen LogP contribution in [-0.4, -0.2) is 5.78 Å². The summed E-state index contributed by atoms with van der Waals surface area (Å²) in [6.07, 6.45) is 19.2. The van der Waals surface area contributed by atoms with Gasteiger partial charge < -0.3 is 0 Å². The third-order valence-corrected chi connectivity index (χ3v) is 11.2. The lowest BCUT2D eigenvalue weighted by Gasteiger charge is -2.61. The SMILES string of the molecule is C=C1CCC2CCCC=C2C1(C(=O)C(C)(C)C(C)(C)C(C)(C)C(C)(C)CCC)C1C=CC=C1. The third-order valence-electron chi connectivity index (χ3n) is 11.2. The van der Waals surface area contributed by atoms with Crippen LogP contribution < -0.4 is 0 Å². The molecule has 0 radical (unpaired) electrons. The van der Waals surface area contributed by atoms with Gasteiger partial charge in [-0.3, -0.25) is 4.79 Å². The quantitative estimate of drug-likeness (QED) is 0.337. The molecule has 3 aliphatic rings. The zero-order chi connectivity index (χ0) is 24.9. The van der Waals surface area contributed by atoms with E-state index in [1.807, 2.05) is 0 Å². The van der Waals surface area contributed by atoms with E-state index in [1.165, 1.54) is 18.4 Å². The molecule has 0 N–H and O–H groups in total. The van der Waals surface area contributed by atoms with Crippen molar-refractivity contribution in [3.05, 3.63) is 48.1 Å². The molecule has 0 heterocycles. The molecule has 1 saturated carbocycles. The first-order valence-electron chi connectivity index (χ1n) is 13.5. The molecule has 0 aromatic carbocycles. The summed E-state index contributed by atoms with van der Waals surface area (Å²) in [6, 6.07) is 0. The van der Waals surface area contributed by atoms with E-state index < -0.39 is 10.8 Å². The van der Waals surface area contributed by atoms with Gasteiger partial charge in [-0.1, -0.05) is 117 Å². The van der Waals surface area contributed by atoms with Gasteiger partial charge in [0.05, 0.1) is 5.41 Å². The Balaban J connectivity index is 2.19. The summed E-state index contributed by atoms with van der Waals surface area (Å²) >= 11 is 0. The minimum atomic E-state index is -0.599. The Morgan fingerprint density at radius 2 is 1.61 bits per heavy atom. The summed E-state index contributed by atoms with van der Waals surface area (Å²) in [7, 11) is 0. The summed E-state index contributed by atoms with van der Waals surface area (Å²) in [5.74, 6) is 1.01. The predicted octanol–water partition coefficient (Wildman–Crippen LogP) is 9.27. The molecule has 0 aliphatic heterocycles. The molecule has 0 spiro atoms. The number of rotatable bonds is 8. The van der Waals surface area contributed by atoms with E-state index >= 15 is 4.79 Å². The highest BCUT2D eigenvalue weighted by Gasteiger charge is 2.63. The van der Waals surface area contributed by atoms with E-state index in [0.717, 1.165) is 37.7 Å². The smallest absolute Gasteiger partial charge is 0.154 e. The van der Waals surface area contributed by atoms with Gasteiger partial charge in [0.25, 0.3) is 0 Å². The zero-order valence-electron chi connectivity index (χ0n) is 23.1. The second kappa shape index (κ2) is 8.69. The van der Waals surface area contributed by atoms with Crippen LogP contribution in [0.4, 0.5) is 0 Å². The summed E-state index contributed by atoms with van der Waals surface area (Å²) in [5, 5.41) is 0. The normalized spacial score (nSPS) is 27.0. The van der Waals surface area contributed by atoms with Crippen molar-refractivity contribution in [2.24, 2.45) is 38.9 Å². The largest absolute Gasteiger partial charge is 0.298 e. The molecule has 0 aromatic heterocycles. The van der Waals surface area contributed by atoms with Crippen LogP contribution in [0.1, 0.15) is 107 Å². The van der Waals surface area contributed by atoms with Gasteiger partial charge in [0.2, 0.25) is 0 Å². The minimum Gasteiger partial charge on any atom is -0.298 e. The average molecular weight is 451 g/mol. The molecule has 0 bridgehead atoms. The number of carbonyl (C=O) groups excluding carboxylic acids is 1. The van der Waals surface area contributed by atoms with Crippen molar-refractivity contribution in [1.82, 2.24) is 0 Å². The van der Waals surface area contributed by atoms with Gasteiger partial charge in [-0.2, -0.15) is 0 Å². The van der Waals surface area contributed by atoms with Gasteiger partial charge in [0.1, 0.15) is 0 Å². The Morgan fingerprint density at radius 1 is 1.00 bits per heavy atom. The Hall–Kier alpha value is -1.37. The van der Waals surface area contributed by atoms with Crippen molar-refractivity contribution in [3.8, 4) is 0 Å². The van der Waals surface area contributed by atoms with Crippen LogP contribution in [0.2, 0.25) is 0 Å². The summed E-state index contributed by atoms with van der Waals surface area (Å²) in [6.45, 7) is 25.7. The second-order valence-corrected chi connectivity index (χ2v) is 13.4. The summed E-state index contributed by atoms with van der Waals surface area (Å²) < 4.78 is 0. The maximum absolute atomic E-state index is 15.2. The Bertz CT molecular complexity index is 860. The van der Waals surface area contributed by atoms with Gasteiger partial charge in [-0.05, 0) is 60.7 Å². The zero-order valence-corrected chi connectivity index (χ0v) is 23.1. The fourth-order valence-electron chi connectivity index (χ4n) is 7.41. The molecule has 33 heavy (non-hydrogen) atoms. The lowest BCUT2D eigenvalue weighted by atomic mass is 9.42. The molecule has 184 valence electrons. The molecule has 0 saturated heterocycles. The van der Waals surface area contributed by atoms with Crippen molar-refractivity contribution < 1.29 is 4.79 Å². The van der Waals surface area contributed by atoms with Gasteiger partial charge >= 0.3 is 0 Å². The van der Waals surface area contributed by atoms with Gasteiger partial charge in [0, 0.05) is 11.3 Å². The molecule has 2 atom stereocenters. The van der Waals surface area contributed by atoms with Gasteiger partial charge in [-0.15, -0.1) is 0 Å². The van der Waals surface area contributed by atoms with Crippen molar-refractivity contribution in [3.63, 3.8) is 0 Å². The second-order valence-electron chi connectivity index (χ2n) is 13.4. The molecule has 3 rings (SSSR count). The molecule has 1 nitrogen and oxygen atoms in total. The molecule has 2 unspecified atom stereocenters. The highest BCUT2D eigenvalue weighted by Crippen LogP contribution is 2.65. The van der Waals surface area contributed by atoms with Crippen molar-refractivity contribution in [1.29, 1.82) is 0 Å². The highest BCUT2D eigenvalue weighted by atomic mass is 16.1. The molecule has 1 fully saturated rings. The number of carbonyl (C=O) groups is 1. The first-order valence-corrected chi connectivity index (χ1v) is 13.5. The molecular formula is C32H50O. The lowest BCUT2D eigenvalue weighted by molar-refractivity contribution is -0.157. The number of ketones is 1. The molecule has 0 aromatic rings. The van der Waals surface area contributed by atoms with Crippen LogP contribution in [-0.2, 0) is 4.79 Å². The lowest BCUT2D eigenvalue weighted by Crippen LogP contribution is -2.60. The molecule has 3 aliphatic carbocycles. The van der Waals surface area contributed by atoms with E-state index in [4.69, 9.17) is 0 Å². The Morgan fingerprint density at radius 3 is 2.18 bits per heavy atom. The van der Waals surface area contributed by atoms with Crippen molar-refractivity contribution in [2.75, 3.05) is 0 Å². The number of hydrogen-bond donors (Lipinski definition) is 0.